The van der Waals surface area contributed by atoms with Gasteiger partial charge in [0.25, 0.3) is 0 Å². The van der Waals surface area contributed by atoms with Gasteiger partial charge in [0.15, 0.2) is 4.87 Å². The number of benzene rings is 3. The second-order valence-corrected chi connectivity index (χ2v) is 10.5. The summed E-state index contributed by atoms with van der Waals surface area (Å²) in [6.07, 6.45) is 0. The van der Waals surface area contributed by atoms with E-state index in [1.54, 1.807) is 56.3 Å². The van der Waals surface area contributed by atoms with Crippen molar-refractivity contribution in [3.8, 4) is 11.1 Å². The summed E-state index contributed by atoms with van der Waals surface area (Å²) in [5, 5.41) is 3.06. The van der Waals surface area contributed by atoms with Gasteiger partial charge < -0.3 is 5.32 Å². The van der Waals surface area contributed by atoms with Crippen LogP contribution in [0.2, 0.25) is 5.02 Å². The number of nitrogens with one attached hydrogen (secondary N) is 1. The molecule has 0 aliphatic carbocycles. The van der Waals surface area contributed by atoms with E-state index < -0.39 is 32.6 Å². The Morgan fingerprint density at radius 2 is 1.75 bits per heavy atom. The Labute approximate surface area is 191 Å². The molecular weight excluding hydrogens is 451 g/mol. The number of sulfone groups is 1. The first-order valence-corrected chi connectivity index (χ1v) is 12.0. The second kappa shape index (κ2) is 8.22. The number of carbonyl (C=O) groups excluding carboxylic acids is 1. The van der Waals surface area contributed by atoms with Crippen LogP contribution >= 0.6 is 11.6 Å². The molecule has 1 atom stereocenters. The molecule has 0 spiro atoms. The number of amides is 2. The molecule has 0 bridgehead atoms. The molecule has 1 fully saturated rings. The van der Waals surface area contributed by atoms with Gasteiger partial charge in [0.05, 0.1) is 11.4 Å². The molecule has 2 amide bonds. The maximum absolute atomic E-state index is 14.1. The zero-order valence-electron chi connectivity index (χ0n) is 17.5. The van der Waals surface area contributed by atoms with Crippen molar-refractivity contribution in [3.63, 3.8) is 0 Å². The van der Waals surface area contributed by atoms with Gasteiger partial charge >= 0.3 is 6.03 Å². The first kappa shape index (κ1) is 22.3. The van der Waals surface area contributed by atoms with Gasteiger partial charge in [0, 0.05) is 16.6 Å². The van der Waals surface area contributed by atoms with Crippen LogP contribution in [0.3, 0.4) is 0 Å². The number of hydrogen-bond acceptors (Lipinski definition) is 3. The molecular formula is C24H22ClFN2O3S. The molecule has 0 radical (unpaired) electrons. The average molecular weight is 473 g/mol. The highest BCUT2D eigenvalue weighted by Gasteiger charge is 2.58. The van der Waals surface area contributed by atoms with E-state index in [-0.39, 0.29) is 11.4 Å². The van der Waals surface area contributed by atoms with Gasteiger partial charge in [-0.15, -0.1) is 0 Å². The van der Waals surface area contributed by atoms with Crippen LogP contribution in [0.4, 0.5) is 9.18 Å². The Bertz CT molecular complexity index is 1280. The van der Waals surface area contributed by atoms with Crippen LogP contribution in [0.15, 0.2) is 77.7 Å². The van der Waals surface area contributed by atoms with Crippen LogP contribution in [0.25, 0.3) is 11.1 Å². The van der Waals surface area contributed by atoms with Crippen LogP contribution in [0, 0.1) is 5.82 Å². The fourth-order valence-electron chi connectivity index (χ4n) is 4.25. The topological polar surface area (TPSA) is 66.5 Å². The van der Waals surface area contributed by atoms with Gasteiger partial charge in [0.1, 0.15) is 5.82 Å². The smallest absolute Gasteiger partial charge is 0.319 e. The minimum atomic E-state index is -4.06. The van der Waals surface area contributed by atoms with Crippen molar-refractivity contribution in [2.45, 2.75) is 29.7 Å². The number of hydrogen-bond donors (Lipinski definition) is 1. The van der Waals surface area contributed by atoms with Gasteiger partial charge in [-0.1, -0.05) is 48.0 Å². The van der Waals surface area contributed by atoms with Crippen LogP contribution in [-0.4, -0.2) is 31.9 Å². The summed E-state index contributed by atoms with van der Waals surface area (Å²) in [6.45, 7) is 3.42. The van der Waals surface area contributed by atoms with Crippen molar-refractivity contribution >= 4 is 27.5 Å². The Balaban J connectivity index is 1.99. The lowest BCUT2D eigenvalue weighted by Crippen LogP contribution is -2.53. The lowest BCUT2D eigenvalue weighted by Gasteiger charge is -2.39. The standard InChI is InChI=1S/C24H22ClFN2O3S/c1-16(2)28-23(29)27-15-24(28,32(30,31)20-9-4-3-5-10-20)18-8-6-7-17(13-18)21-14-19(26)11-12-22(21)25/h3-14,16H,15H2,1-2H3,(H,27,29). The SMILES string of the molecule is CC(C)N1C(=O)NCC1(c1cccc(-c2cc(F)ccc2Cl)c1)S(=O)(=O)c1ccccc1. The molecule has 3 aromatic rings. The van der Waals surface area contributed by atoms with Crippen LogP contribution < -0.4 is 5.32 Å². The Hall–Kier alpha value is -2.90. The third kappa shape index (κ3) is 3.45. The summed E-state index contributed by atoms with van der Waals surface area (Å²) in [5.41, 5.74) is 1.39. The molecule has 1 unspecified atom stereocenters. The molecule has 8 heteroatoms. The molecule has 4 rings (SSSR count). The Morgan fingerprint density at radius 1 is 1.03 bits per heavy atom. The van der Waals surface area contributed by atoms with Crippen molar-refractivity contribution in [1.82, 2.24) is 10.2 Å². The summed E-state index contributed by atoms with van der Waals surface area (Å²) in [4.78, 5) is 12.6. The maximum atomic E-state index is 14.1. The average Bonchev–Trinajstić information content (AvgIpc) is 3.15. The highest BCUT2D eigenvalue weighted by atomic mass is 35.5. The van der Waals surface area contributed by atoms with E-state index in [1.165, 1.54) is 35.2 Å². The van der Waals surface area contributed by atoms with Crippen molar-refractivity contribution in [3.05, 3.63) is 89.2 Å². The molecule has 1 aliphatic rings. The second-order valence-electron chi connectivity index (χ2n) is 7.93. The van der Waals surface area contributed by atoms with Crippen LogP contribution in [-0.2, 0) is 14.7 Å². The number of rotatable bonds is 5. The van der Waals surface area contributed by atoms with Crippen molar-refractivity contribution in [1.29, 1.82) is 0 Å². The summed E-state index contributed by atoms with van der Waals surface area (Å²) in [7, 11) is -4.06. The zero-order valence-corrected chi connectivity index (χ0v) is 19.1. The number of carbonyl (C=O) groups is 1. The molecule has 1 N–H and O–H groups in total. The quantitative estimate of drug-likeness (QED) is 0.554. The van der Waals surface area contributed by atoms with Gasteiger partial charge in [-0.05, 0) is 61.4 Å². The fraction of sp³-hybridized carbons (Fsp3) is 0.208. The monoisotopic (exact) mass is 472 g/mol. The van der Waals surface area contributed by atoms with Crippen molar-refractivity contribution in [2.75, 3.05) is 6.54 Å². The van der Waals surface area contributed by atoms with Gasteiger partial charge in [-0.2, -0.15) is 0 Å². The lowest BCUT2D eigenvalue weighted by atomic mass is 9.98. The van der Waals surface area contributed by atoms with E-state index >= 15 is 0 Å². The molecule has 0 saturated carbocycles. The van der Waals surface area contributed by atoms with Gasteiger partial charge in [-0.25, -0.2) is 17.6 Å². The predicted octanol–water partition coefficient (Wildman–Crippen LogP) is 5.21. The molecule has 1 heterocycles. The third-order valence-electron chi connectivity index (χ3n) is 5.65. The first-order valence-electron chi connectivity index (χ1n) is 10.1. The van der Waals surface area contributed by atoms with E-state index in [1.807, 2.05) is 0 Å². The minimum absolute atomic E-state index is 0.108. The predicted molar refractivity (Wildman–Crippen MR) is 123 cm³/mol. The lowest BCUT2D eigenvalue weighted by molar-refractivity contribution is 0.170. The molecule has 1 saturated heterocycles. The third-order valence-corrected chi connectivity index (χ3v) is 8.34. The largest absolute Gasteiger partial charge is 0.334 e. The van der Waals surface area contributed by atoms with Crippen molar-refractivity contribution < 1.29 is 17.6 Å². The molecule has 3 aromatic carbocycles. The van der Waals surface area contributed by atoms with E-state index in [4.69, 9.17) is 11.6 Å². The first-order chi connectivity index (χ1) is 15.2. The normalized spacial score (nSPS) is 18.8. The zero-order chi connectivity index (χ0) is 23.1. The summed E-state index contributed by atoms with van der Waals surface area (Å²) in [6, 6.07) is 18.0. The summed E-state index contributed by atoms with van der Waals surface area (Å²) >= 11 is 6.30. The number of halogens is 2. The van der Waals surface area contributed by atoms with Gasteiger partial charge in [0.2, 0.25) is 9.84 Å². The Morgan fingerprint density at radius 3 is 2.44 bits per heavy atom. The van der Waals surface area contributed by atoms with Crippen LogP contribution in [0.1, 0.15) is 19.4 Å². The maximum Gasteiger partial charge on any atom is 0.319 e. The van der Waals surface area contributed by atoms with E-state index in [0.717, 1.165) is 0 Å². The molecule has 32 heavy (non-hydrogen) atoms. The van der Waals surface area contributed by atoms with Crippen molar-refractivity contribution in [2.24, 2.45) is 0 Å². The van der Waals surface area contributed by atoms with E-state index in [0.29, 0.717) is 21.7 Å². The highest BCUT2D eigenvalue weighted by molar-refractivity contribution is 7.92. The molecule has 166 valence electrons. The number of urea groups is 1. The molecule has 0 aromatic heterocycles. The summed E-state index contributed by atoms with van der Waals surface area (Å²) in [5.74, 6) is -0.456. The number of nitrogens with zero attached hydrogens (tertiary/aromatic N) is 1. The molecule has 1 aliphatic heterocycles. The van der Waals surface area contributed by atoms with E-state index in [9.17, 15) is 17.6 Å². The molecule has 5 nitrogen and oxygen atoms in total. The minimum Gasteiger partial charge on any atom is -0.334 e. The Kier molecular flexibility index (Phi) is 5.73. The van der Waals surface area contributed by atoms with E-state index in [2.05, 4.69) is 5.32 Å². The van der Waals surface area contributed by atoms with Crippen LogP contribution in [0.5, 0.6) is 0 Å². The highest BCUT2D eigenvalue weighted by Crippen LogP contribution is 2.44. The van der Waals surface area contributed by atoms with Gasteiger partial charge in [-0.3, -0.25) is 4.90 Å². The summed E-state index contributed by atoms with van der Waals surface area (Å²) < 4.78 is 42.1. The fourth-order valence-corrected chi connectivity index (χ4v) is 6.63.